The first-order valence-corrected chi connectivity index (χ1v) is 9.70. The van der Waals surface area contributed by atoms with Crippen molar-refractivity contribution in [1.82, 2.24) is 0 Å². The van der Waals surface area contributed by atoms with Gasteiger partial charge in [0.1, 0.15) is 23.9 Å². The third-order valence-electron chi connectivity index (χ3n) is 4.82. The third kappa shape index (κ3) is 5.61. The van der Waals surface area contributed by atoms with Crippen molar-refractivity contribution in [2.24, 2.45) is 5.92 Å². The summed E-state index contributed by atoms with van der Waals surface area (Å²) in [5.41, 5.74) is 4.20. The average Bonchev–Trinajstić information content (AvgIpc) is 2.70. The summed E-state index contributed by atoms with van der Waals surface area (Å²) in [5, 5.41) is 9.02. The largest absolute Gasteiger partial charge is 0.489 e. The van der Waals surface area contributed by atoms with Crippen LogP contribution in [0.3, 0.4) is 0 Å². The minimum absolute atomic E-state index is 0.401. The topological polar surface area (TPSA) is 55.8 Å². The molecule has 1 atom stereocenters. The molecule has 29 heavy (non-hydrogen) atoms. The summed E-state index contributed by atoms with van der Waals surface area (Å²) in [6.45, 7) is 6.21. The van der Waals surface area contributed by atoms with Gasteiger partial charge in [-0.1, -0.05) is 49.4 Å². The van der Waals surface area contributed by atoms with Gasteiger partial charge in [0.05, 0.1) is 5.92 Å². The fraction of sp³-hybridized carbons (Fsp3) is 0.240. The van der Waals surface area contributed by atoms with E-state index in [1.807, 2.05) is 80.6 Å². The zero-order chi connectivity index (χ0) is 20.8. The van der Waals surface area contributed by atoms with Gasteiger partial charge in [-0.05, 0) is 66.8 Å². The lowest BCUT2D eigenvalue weighted by molar-refractivity contribution is -0.141. The number of hydrogen-bond donors (Lipinski definition) is 1. The number of rotatable bonds is 8. The predicted octanol–water partition coefficient (Wildman–Crippen LogP) is 5.94. The van der Waals surface area contributed by atoms with Crippen LogP contribution in [0.5, 0.6) is 17.2 Å². The first-order chi connectivity index (χ1) is 13.9. The Labute approximate surface area is 171 Å². The molecular weight excluding hydrogens is 364 g/mol. The highest BCUT2D eigenvalue weighted by molar-refractivity contribution is 5.69. The van der Waals surface area contributed by atoms with E-state index < -0.39 is 11.9 Å². The van der Waals surface area contributed by atoms with E-state index in [0.717, 1.165) is 39.5 Å². The SMILES string of the molecule is Cc1cccc(C)c1Oc1cccc(COc2ccc(CC(C)C(=O)O)cc2)c1. The smallest absolute Gasteiger partial charge is 0.306 e. The molecular formula is C25H26O4. The highest BCUT2D eigenvalue weighted by atomic mass is 16.5. The normalized spacial score (nSPS) is 11.7. The van der Waals surface area contributed by atoms with E-state index in [1.165, 1.54) is 0 Å². The number of ether oxygens (including phenoxy) is 2. The highest BCUT2D eigenvalue weighted by Crippen LogP contribution is 2.29. The Morgan fingerprint density at radius 2 is 1.55 bits per heavy atom. The Bertz CT molecular complexity index is 956. The summed E-state index contributed by atoms with van der Waals surface area (Å²) in [6, 6.07) is 21.6. The lowest BCUT2D eigenvalue weighted by atomic mass is 10.0. The second-order valence-electron chi connectivity index (χ2n) is 7.35. The van der Waals surface area contributed by atoms with Crippen LogP contribution in [0, 0.1) is 19.8 Å². The second-order valence-corrected chi connectivity index (χ2v) is 7.35. The molecule has 0 radical (unpaired) electrons. The molecule has 0 aliphatic heterocycles. The number of carbonyl (C=O) groups is 1. The van der Waals surface area contributed by atoms with Gasteiger partial charge < -0.3 is 14.6 Å². The molecule has 0 aliphatic rings. The van der Waals surface area contributed by atoms with E-state index in [4.69, 9.17) is 14.6 Å². The standard InChI is InChI=1S/C25H26O4/c1-17-6-4-7-18(2)24(17)29-23-9-5-8-21(15-23)16-28-22-12-10-20(11-13-22)14-19(3)25(26)27/h4-13,15,19H,14,16H2,1-3H3,(H,26,27). The van der Waals surface area contributed by atoms with Crippen LogP contribution in [0.2, 0.25) is 0 Å². The van der Waals surface area contributed by atoms with Crippen molar-refractivity contribution in [2.45, 2.75) is 33.8 Å². The molecule has 150 valence electrons. The van der Waals surface area contributed by atoms with E-state index >= 15 is 0 Å². The Kier molecular flexibility index (Phi) is 6.55. The predicted molar refractivity (Wildman–Crippen MR) is 114 cm³/mol. The molecule has 1 N–H and O–H groups in total. The first-order valence-electron chi connectivity index (χ1n) is 9.70. The lowest BCUT2D eigenvalue weighted by Crippen LogP contribution is -2.12. The molecule has 3 aromatic carbocycles. The lowest BCUT2D eigenvalue weighted by Gasteiger charge is -2.13. The maximum atomic E-state index is 11.0. The van der Waals surface area contributed by atoms with Crippen LogP contribution in [0.4, 0.5) is 0 Å². The first kappa shape index (κ1) is 20.5. The minimum atomic E-state index is -0.784. The van der Waals surface area contributed by atoms with Gasteiger partial charge in [-0.25, -0.2) is 0 Å². The van der Waals surface area contributed by atoms with Gasteiger partial charge in [-0.3, -0.25) is 4.79 Å². The van der Waals surface area contributed by atoms with Gasteiger partial charge in [0.2, 0.25) is 0 Å². The van der Waals surface area contributed by atoms with Crippen LogP contribution in [-0.4, -0.2) is 11.1 Å². The molecule has 4 heteroatoms. The van der Waals surface area contributed by atoms with Crippen LogP contribution < -0.4 is 9.47 Å². The van der Waals surface area contributed by atoms with Gasteiger partial charge in [-0.15, -0.1) is 0 Å². The van der Waals surface area contributed by atoms with E-state index in [0.29, 0.717) is 13.0 Å². The minimum Gasteiger partial charge on any atom is -0.489 e. The molecule has 0 fully saturated rings. The molecule has 0 bridgehead atoms. The van der Waals surface area contributed by atoms with Crippen molar-refractivity contribution in [3.05, 3.63) is 89.0 Å². The van der Waals surface area contributed by atoms with Crippen LogP contribution in [0.15, 0.2) is 66.7 Å². The van der Waals surface area contributed by atoms with E-state index in [9.17, 15) is 4.79 Å². The molecule has 4 nitrogen and oxygen atoms in total. The zero-order valence-electron chi connectivity index (χ0n) is 17.0. The van der Waals surface area contributed by atoms with Crippen LogP contribution in [-0.2, 0) is 17.8 Å². The van der Waals surface area contributed by atoms with Crippen molar-refractivity contribution in [1.29, 1.82) is 0 Å². The van der Waals surface area contributed by atoms with E-state index in [2.05, 4.69) is 0 Å². The van der Waals surface area contributed by atoms with Gasteiger partial charge >= 0.3 is 5.97 Å². The summed E-state index contributed by atoms with van der Waals surface area (Å²) < 4.78 is 12.0. The van der Waals surface area contributed by atoms with Crippen molar-refractivity contribution >= 4 is 5.97 Å². The van der Waals surface area contributed by atoms with E-state index in [1.54, 1.807) is 6.92 Å². The number of carboxylic acid groups (broad SMARTS) is 1. The molecule has 0 saturated heterocycles. The summed E-state index contributed by atoms with van der Waals surface area (Å²) in [7, 11) is 0. The molecule has 0 amide bonds. The quantitative estimate of drug-likeness (QED) is 0.517. The summed E-state index contributed by atoms with van der Waals surface area (Å²) in [4.78, 5) is 11.0. The third-order valence-corrected chi connectivity index (χ3v) is 4.82. The van der Waals surface area contributed by atoms with Gasteiger partial charge in [0.25, 0.3) is 0 Å². The average molecular weight is 390 g/mol. The summed E-state index contributed by atoms with van der Waals surface area (Å²) in [6.07, 6.45) is 0.507. The molecule has 0 saturated carbocycles. The Balaban J connectivity index is 1.61. The molecule has 0 aromatic heterocycles. The monoisotopic (exact) mass is 390 g/mol. The highest BCUT2D eigenvalue weighted by Gasteiger charge is 2.11. The molecule has 3 rings (SSSR count). The van der Waals surface area contributed by atoms with Gasteiger partial charge in [-0.2, -0.15) is 0 Å². The van der Waals surface area contributed by atoms with Crippen LogP contribution in [0.1, 0.15) is 29.2 Å². The Morgan fingerprint density at radius 1 is 0.897 bits per heavy atom. The molecule has 0 heterocycles. The summed E-state index contributed by atoms with van der Waals surface area (Å²) >= 11 is 0. The molecule has 1 unspecified atom stereocenters. The number of benzene rings is 3. The van der Waals surface area contributed by atoms with Crippen molar-refractivity contribution in [3.63, 3.8) is 0 Å². The Hall–Kier alpha value is -3.27. The van der Waals surface area contributed by atoms with Gasteiger partial charge in [0.15, 0.2) is 0 Å². The molecule has 3 aromatic rings. The Morgan fingerprint density at radius 3 is 2.21 bits per heavy atom. The maximum absolute atomic E-state index is 11.0. The van der Waals surface area contributed by atoms with Crippen molar-refractivity contribution in [3.8, 4) is 17.2 Å². The van der Waals surface area contributed by atoms with Crippen molar-refractivity contribution < 1.29 is 19.4 Å². The molecule has 0 aliphatic carbocycles. The number of carboxylic acids is 1. The van der Waals surface area contributed by atoms with Crippen LogP contribution in [0.25, 0.3) is 0 Å². The molecule has 0 spiro atoms. The number of para-hydroxylation sites is 1. The fourth-order valence-electron chi connectivity index (χ4n) is 3.11. The number of hydrogen-bond acceptors (Lipinski definition) is 3. The second kappa shape index (κ2) is 9.28. The maximum Gasteiger partial charge on any atom is 0.306 e. The van der Waals surface area contributed by atoms with E-state index in [-0.39, 0.29) is 0 Å². The van der Waals surface area contributed by atoms with Crippen molar-refractivity contribution in [2.75, 3.05) is 0 Å². The fourth-order valence-corrected chi connectivity index (χ4v) is 3.11. The summed E-state index contributed by atoms with van der Waals surface area (Å²) in [5.74, 6) is 1.23. The van der Waals surface area contributed by atoms with Crippen LogP contribution >= 0.6 is 0 Å². The number of aryl methyl sites for hydroxylation is 2. The van der Waals surface area contributed by atoms with Gasteiger partial charge in [0, 0.05) is 0 Å². The zero-order valence-corrected chi connectivity index (χ0v) is 17.0. The number of aliphatic carboxylic acids is 1.